The van der Waals surface area contributed by atoms with Gasteiger partial charge in [0.05, 0.1) is 19.8 Å². The van der Waals surface area contributed by atoms with E-state index < -0.39 is 5.97 Å². The zero-order valence-electron chi connectivity index (χ0n) is 12.4. The first-order valence-corrected chi connectivity index (χ1v) is 6.77. The zero-order chi connectivity index (χ0) is 15.2. The molecule has 1 aromatic carbocycles. The van der Waals surface area contributed by atoms with E-state index in [0.29, 0.717) is 12.4 Å². The van der Waals surface area contributed by atoms with E-state index in [4.69, 9.17) is 9.15 Å². The van der Waals surface area contributed by atoms with Gasteiger partial charge in [0, 0.05) is 0 Å². The molecule has 0 spiro atoms. The van der Waals surface area contributed by atoms with Crippen molar-refractivity contribution >= 4 is 5.97 Å². The van der Waals surface area contributed by atoms with E-state index in [1.807, 2.05) is 38.2 Å². The van der Waals surface area contributed by atoms with Gasteiger partial charge in [-0.1, -0.05) is 12.1 Å². The number of ether oxygens (including phenoxy) is 2. The van der Waals surface area contributed by atoms with Crippen molar-refractivity contribution in [3.63, 3.8) is 0 Å². The Morgan fingerprint density at radius 3 is 2.52 bits per heavy atom. The molecule has 2 rings (SSSR count). The van der Waals surface area contributed by atoms with Crippen molar-refractivity contribution in [1.82, 2.24) is 5.32 Å². The molecule has 0 radical (unpaired) electrons. The average Bonchev–Trinajstić information content (AvgIpc) is 2.99. The molecule has 5 nitrogen and oxygen atoms in total. The average molecular weight is 289 g/mol. The summed E-state index contributed by atoms with van der Waals surface area (Å²) in [4.78, 5) is 11.4. The predicted octanol–water partition coefficient (Wildman–Crippen LogP) is 2.77. The second-order valence-electron chi connectivity index (χ2n) is 4.42. The van der Waals surface area contributed by atoms with Gasteiger partial charge >= 0.3 is 5.97 Å². The first-order chi connectivity index (χ1) is 10.2. The van der Waals surface area contributed by atoms with Crippen molar-refractivity contribution in [3.05, 3.63) is 53.5 Å². The van der Waals surface area contributed by atoms with Gasteiger partial charge < -0.3 is 19.2 Å². The van der Waals surface area contributed by atoms with E-state index in [1.165, 1.54) is 7.11 Å². The van der Waals surface area contributed by atoms with E-state index in [9.17, 15) is 4.79 Å². The van der Waals surface area contributed by atoms with Crippen LogP contribution in [-0.4, -0.2) is 26.7 Å². The van der Waals surface area contributed by atoms with Gasteiger partial charge in [-0.3, -0.25) is 0 Å². The van der Waals surface area contributed by atoms with Gasteiger partial charge in [-0.25, -0.2) is 4.79 Å². The highest BCUT2D eigenvalue weighted by atomic mass is 16.5. The fourth-order valence-electron chi connectivity index (χ4n) is 2.11. The van der Waals surface area contributed by atoms with Crippen molar-refractivity contribution < 1.29 is 18.7 Å². The first kappa shape index (κ1) is 15.1. The molecule has 0 saturated carbocycles. The molecule has 5 heteroatoms. The van der Waals surface area contributed by atoms with Gasteiger partial charge in [0.25, 0.3) is 0 Å². The van der Waals surface area contributed by atoms with Crippen molar-refractivity contribution in [2.45, 2.75) is 13.0 Å². The highest BCUT2D eigenvalue weighted by Crippen LogP contribution is 2.25. The minimum atomic E-state index is -0.484. The summed E-state index contributed by atoms with van der Waals surface area (Å²) in [6, 6.07) is 11.0. The maximum absolute atomic E-state index is 11.4. The molecular formula is C16H19NO4. The number of nitrogens with one attached hydrogen (secondary N) is 1. The Kier molecular flexibility index (Phi) is 5.00. The quantitative estimate of drug-likeness (QED) is 0.829. The lowest BCUT2D eigenvalue weighted by atomic mass is 10.0. The summed E-state index contributed by atoms with van der Waals surface area (Å²) in [7, 11) is 3.16. The predicted molar refractivity (Wildman–Crippen MR) is 78.6 cm³/mol. The van der Waals surface area contributed by atoms with Gasteiger partial charge in [-0.2, -0.15) is 0 Å². The maximum Gasteiger partial charge on any atom is 0.373 e. The van der Waals surface area contributed by atoms with E-state index in [1.54, 1.807) is 12.1 Å². The molecule has 0 amide bonds. The largest absolute Gasteiger partial charge is 0.494 e. The monoisotopic (exact) mass is 289 g/mol. The van der Waals surface area contributed by atoms with Crippen LogP contribution in [0.5, 0.6) is 5.75 Å². The number of furan rings is 1. The number of rotatable bonds is 6. The topological polar surface area (TPSA) is 60.7 Å². The molecular weight excluding hydrogens is 270 g/mol. The lowest BCUT2D eigenvalue weighted by Gasteiger charge is -2.14. The Hall–Kier alpha value is -2.27. The molecule has 1 atom stereocenters. The van der Waals surface area contributed by atoms with Crippen molar-refractivity contribution in [2.24, 2.45) is 0 Å². The van der Waals surface area contributed by atoms with E-state index in [0.717, 1.165) is 11.3 Å². The molecule has 0 fully saturated rings. The highest BCUT2D eigenvalue weighted by molar-refractivity contribution is 5.86. The zero-order valence-corrected chi connectivity index (χ0v) is 12.4. The van der Waals surface area contributed by atoms with Crippen LogP contribution in [0.3, 0.4) is 0 Å². The van der Waals surface area contributed by atoms with Crippen molar-refractivity contribution in [1.29, 1.82) is 0 Å². The van der Waals surface area contributed by atoms with Crippen LogP contribution in [0.1, 0.15) is 34.8 Å². The van der Waals surface area contributed by atoms with Crippen LogP contribution >= 0.6 is 0 Å². The number of hydrogen-bond donors (Lipinski definition) is 1. The molecule has 1 unspecified atom stereocenters. The van der Waals surface area contributed by atoms with Crippen LogP contribution in [0.2, 0.25) is 0 Å². The molecule has 112 valence electrons. The number of carbonyl (C=O) groups is 1. The van der Waals surface area contributed by atoms with Crippen LogP contribution in [-0.2, 0) is 4.74 Å². The first-order valence-electron chi connectivity index (χ1n) is 6.77. The number of hydrogen-bond acceptors (Lipinski definition) is 5. The molecule has 1 N–H and O–H groups in total. The van der Waals surface area contributed by atoms with Crippen LogP contribution < -0.4 is 10.1 Å². The summed E-state index contributed by atoms with van der Waals surface area (Å²) < 4.78 is 15.6. The summed E-state index contributed by atoms with van der Waals surface area (Å²) >= 11 is 0. The second kappa shape index (κ2) is 6.95. The second-order valence-corrected chi connectivity index (χ2v) is 4.42. The van der Waals surface area contributed by atoms with Gasteiger partial charge in [0.2, 0.25) is 5.76 Å². The van der Waals surface area contributed by atoms with E-state index in [2.05, 4.69) is 10.1 Å². The third kappa shape index (κ3) is 3.44. The normalized spacial score (nSPS) is 12.0. The lowest BCUT2D eigenvalue weighted by molar-refractivity contribution is 0.0562. The SMILES string of the molecule is CCOc1ccc(C(NC)c2ccc(C(=O)OC)o2)cc1. The van der Waals surface area contributed by atoms with E-state index in [-0.39, 0.29) is 11.8 Å². The lowest BCUT2D eigenvalue weighted by Crippen LogP contribution is -2.17. The summed E-state index contributed by atoms with van der Waals surface area (Å²) in [6.07, 6.45) is 0. The minimum Gasteiger partial charge on any atom is -0.494 e. The van der Waals surface area contributed by atoms with Gasteiger partial charge in [0.1, 0.15) is 11.5 Å². The van der Waals surface area contributed by atoms with Gasteiger partial charge in [-0.15, -0.1) is 0 Å². The summed E-state index contributed by atoms with van der Waals surface area (Å²) in [5, 5.41) is 3.17. The highest BCUT2D eigenvalue weighted by Gasteiger charge is 2.19. The summed E-state index contributed by atoms with van der Waals surface area (Å²) in [6.45, 7) is 2.58. The van der Waals surface area contributed by atoms with Crippen LogP contribution in [0, 0.1) is 0 Å². The number of methoxy groups -OCH3 is 1. The number of benzene rings is 1. The number of esters is 1. The third-order valence-electron chi connectivity index (χ3n) is 3.11. The minimum absolute atomic E-state index is 0.140. The summed E-state index contributed by atoms with van der Waals surface area (Å²) in [5.41, 5.74) is 1.02. The Labute approximate surface area is 123 Å². The molecule has 0 aliphatic carbocycles. The Bertz CT molecular complexity index is 589. The molecule has 21 heavy (non-hydrogen) atoms. The van der Waals surface area contributed by atoms with Crippen molar-refractivity contribution in [3.8, 4) is 5.75 Å². The Morgan fingerprint density at radius 1 is 1.24 bits per heavy atom. The fraction of sp³-hybridized carbons (Fsp3) is 0.312. The Morgan fingerprint density at radius 2 is 1.95 bits per heavy atom. The third-order valence-corrected chi connectivity index (χ3v) is 3.11. The smallest absolute Gasteiger partial charge is 0.373 e. The van der Waals surface area contributed by atoms with E-state index >= 15 is 0 Å². The fourth-order valence-corrected chi connectivity index (χ4v) is 2.11. The van der Waals surface area contributed by atoms with Crippen molar-refractivity contribution in [2.75, 3.05) is 20.8 Å². The maximum atomic E-state index is 11.4. The van der Waals surface area contributed by atoms with Gasteiger partial charge in [-0.05, 0) is 43.8 Å². The molecule has 2 aromatic rings. The molecule has 1 aromatic heterocycles. The van der Waals surface area contributed by atoms with Crippen LogP contribution in [0.4, 0.5) is 0 Å². The molecule has 0 aliphatic rings. The Balaban J connectivity index is 2.22. The molecule has 0 saturated heterocycles. The molecule has 1 heterocycles. The molecule has 0 bridgehead atoms. The number of carbonyl (C=O) groups excluding carboxylic acids is 1. The van der Waals surface area contributed by atoms with Crippen LogP contribution in [0.15, 0.2) is 40.8 Å². The molecule has 0 aliphatic heterocycles. The standard InChI is InChI=1S/C16H19NO4/c1-4-20-12-7-5-11(6-8-12)15(17-2)13-9-10-14(21-13)16(18)19-3/h5-10,15,17H,4H2,1-3H3. The summed E-state index contributed by atoms with van der Waals surface area (Å²) in [5.74, 6) is 1.19. The van der Waals surface area contributed by atoms with Crippen LogP contribution in [0.25, 0.3) is 0 Å². The van der Waals surface area contributed by atoms with Gasteiger partial charge in [0.15, 0.2) is 0 Å².